The molecule has 0 aromatic rings. The van der Waals surface area contributed by atoms with E-state index in [1.807, 2.05) is 6.92 Å². The summed E-state index contributed by atoms with van der Waals surface area (Å²) in [6.45, 7) is 1.99. The van der Waals surface area contributed by atoms with Crippen molar-refractivity contribution >= 4 is 25.3 Å². The molecule has 0 bridgehead atoms. The number of thiol groups is 2. The zero-order chi connectivity index (χ0) is 4.71. The molecule has 0 aromatic heterocycles. The molecule has 0 amide bonds. The lowest BCUT2D eigenvalue weighted by Crippen LogP contribution is -1.36. The van der Waals surface area contributed by atoms with Gasteiger partial charge in [0.1, 0.15) is 0 Å². The predicted molar refractivity (Wildman–Crippen MR) is 34.4 cm³/mol. The van der Waals surface area contributed by atoms with Crippen LogP contribution in [0.4, 0.5) is 0 Å². The van der Waals surface area contributed by atoms with Gasteiger partial charge in [-0.1, -0.05) is 6.92 Å². The average Bonchev–Trinajstić information content (AvgIpc) is 1.46. The van der Waals surface area contributed by atoms with Crippen LogP contribution in [0.3, 0.4) is 0 Å². The highest BCUT2D eigenvalue weighted by atomic mass is 32.1. The molecule has 0 atom stereocenters. The van der Waals surface area contributed by atoms with Gasteiger partial charge in [0.15, 0.2) is 0 Å². The molecule has 0 aromatic carbocycles. The minimum absolute atomic E-state index is 0.944. The molecular formula is C3H10S2. The molecule has 2 heteroatoms. The molecule has 0 heterocycles. The number of rotatable bonds is 0. The van der Waals surface area contributed by atoms with E-state index in [1.54, 1.807) is 6.26 Å². The van der Waals surface area contributed by atoms with E-state index in [2.05, 4.69) is 25.3 Å². The summed E-state index contributed by atoms with van der Waals surface area (Å²) in [5.74, 6) is 0.944. The first-order chi connectivity index (χ1) is 2.41. The molecule has 0 nitrogen and oxygen atoms in total. The fourth-order valence-corrected chi connectivity index (χ4v) is 0. The lowest BCUT2D eigenvalue weighted by Gasteiger charge is -1.48. The molecular weight excluding hydrogens is 100 g/mol. The van der Waals surface area contributed by atoms with Crippen molar-refractivity contribution in [3.63, 3.8) is 0 Å². The molecule has 5 heavy (non-hydrogen) atoms. The minimum atomic E-state index is 0.944. The molecule has 0 saturated carbocycles. The Bertz CT molecular complexity index is 4.85. The summed E-state index contributed by atoms with van der Waals surface area (Å²) < 4.78 is 0. The number of hydrogen-bond donors (Lipinski definition) is 2. The van der Waals surface area contributed by atoms with Crippen LogP contribution in [0, 0.1) is 0 Å². The van der Waals surface area contributed by atoms with Crippen LogP contribution in [0.15, 0.2) is 0 Å². The van der Waals surface area contributed by atoms with E-state index >= 15 is 0 Å². The molecule has 0 rings (SSSR count). The largest absolute Gasteiger partial charge is 0.183 e. The van der Waals surface area contributed by atoms with Crippen molar-refractivity contribution in [1.82, 2.24) is 0 Å². The maximum atomic E-state index is 3.79. The topological polar surface area (TPSA) is 0 Å². The second-order valence-corrected chi connectivity index (χ2v) is 0.949. The maximum Gasteiger partial charge on any atom is -0.0126 e. The highest BCUT2D eigenvalue weighted by Crippen LogP contribution is 1.58. The van der Waals surface area contributed by atoms with Crippen molar-refractivity contribution in [3.8, 4) is 0 Å². The van der Waals surface area contributed by atoms with E-state index in [0.717, 1.165) is 5.75 Å². The second kappa shape index (κ2) is 22.3. The van der Waals surface area contributed by atoms with Crippen LogP contribution in [-0.2, 0) is 0 Å². The van der Waals surface area contributed by atoms with Crippen LogP contribution < -0.4 is 0 Å². The summed E-state index contributed by atoms with van der Waals surface area (Å²) in [5.41, 5.74) is 0. The molecule has 0 radical (unpaired) electrons. The minimum Gasteiger partial charge on any atom is -0.183 e. The smallest absolute Gasteiger partial charge is 0.0126 e. The van der Waals surface area contributed by atoms with Crippen molar-refractivity contribution in [1.29, 1.82) is 0 Å². The Morgan fingerprint density at radius 1 is 1.40 bits per heavy atom. The van der Waals surface area contributed by atoms with Gasteiger partial charge >= 0.3 is 0 Å². The third-order valence-corrected chi connectivity index (χ3v) is 0. The average molecular weight is 110 g/mol. The normalized spacial score (nSPS) is 4.80. The lowest BCUT2D eigenvalue weighted by molar-refractivity contribution is 1.54. The summed E-state index contributed by atoms with van der Waals surface area (Å²) >= 11 is 7.32. The SMILES string of the molecule is CCS.CS. The molecule has 0 saturated heterocycles. The lowest BCUT2D eigenvalue weighted by atomic mass is 11.0. The molecule has 0 spiro atoms. The fourth-order valence-electron chi connectivity index (χ4n) is 0. The van der Waals surface area contributed by atoms with E-state index in [9.17, 15) is 0 Å². The molecule has 34 valence electrons. The van der Waals surface area contributed by atoms with Crippen molar-refractivity contribution in [3.05, 3.63) is 0 Å². The van der Waals surface area contributed by atoms with E-state index in [0.29, 0.717) is 0 Å². The Morgan fingerprint density at radius 2 is 1.40 bits per heavy atom. The fraction of sp³-hybridized carbons (Fsp3) is 1.00. The second-order valence-electron chi connectivity index (χ2n) is 0.316. The van der Waals surface area contributed by atoms with Crippen LogP contribution in [0.25, 0.3) is 0 Å². The predicted octanol–water partition coefficient (Wildman–Crippen LogP) is 1.48. The first-order valence-electron chi connectivity index (χ1n) is 1.47. The van der Waals surface area contributed by atoms with Crippen LogP contribution in [0.1, 0.15) is 6.92 Å². The maximum absolute atomic E-state index is 3.79. The molecule has 0 aliphatic heterocycles. The van der Waals surface area contributed by atoms with Gasteiger partial charge in [-0.3, -0.25) is 0 Å². The Morgan fingerprint density at radius 3 is 1.40 bits per heavy atom. The molecule has 0 N–H and O–H groups in total. The molecule has 0 aliphatic carbocycles. The van der Waals surface area contributed by atoms with Gasteiger partial charge in [0.2, 0.25) is 0 Å². The summed E-state index contributed by atoms with van der Waals surface area (Å²) in [5, 5.41) is 0. The van der Waals surface area contributed by atoms with Crippen molar-refractivity contribution in [2.75, 3.05) is 12.0 Å². The molecule has 0 fully saturated rings. The summed E-state index contributed by atoms with van der Waals surface area (Å²) in [6, 6.07) is 0. The first-order valence-corrected chi connectivity index (χ1v) is 3.00. The monoisotopic (exact) mass is 110 g/mol. The third kappa shape index (κ3) is 69.9. The van der Waals surface area contributed by atoms with Gasteiger partial charge in [0.25, 0.3) is 0 Å². The van der Waals surface area contributed by atoms with Gasteiger partial charge in [-0.15, -0.1) is 0 Å². The van der Waals surface area contributed by atoms with E-state index in [1.165, 1.54) is 0 Å². The molecule has 0 aliphatic rings. The van der Waals surface area contributed by atoms with E-state index in [4.69, 9.17) is 0 Å². The van der Waals surface area contributed by atoms with Crippen molar-refractivity contribution < 1.29 is 0 Å². The van der Waals surface area contributed by atoms with Crippen LogP contribution in [0.2, 0.25) is 0 Å². The number of hydrogen-bond acceptors (Lipinski definition) is 2. The highest BCUT2D eigenvalue weighted by Gasteiger charge is 1.35. The van der Waals surface area contributed by atoms with Gasteiger partial charge in [0, 0.05) is 0 Å². The van der Waals surface area contributed by atoms with Gasteiger partial charge in [0.05, 0.1) is 0 Å². The first kappa shape index (κ1) is 9.20. The zero-order valence-corrected chi connectivity index (χ0v) is 5.39. The van der Waals surface area contributed by atoms with Gasteiger partial charge < -0.3 is 0 Å². The van der Waals surface area contributed by atoms with Gasteiger partial charge in [-0.25, -0.2) is 0 Å². The quantitative estimate of drug-likeness (QED) is 0.434. The molecule has 0 unspecified atom stereocenters. The van der Waals surface area contributed by atoms with Gasteiger partial charge in [-0.05, 0) is 12.0 Å². The summed E-state index contributed by atoms with van der Waals surface area (Å²) in [4.78, 5) is 0. The highest BCUT2D eigenvalue weighted by molar-refractivity contribution is 7.80. The van der Waals surface area contributed by atoms with Crippen molar-refractivity contribution in [2.24, 2.45) is 0 Å². The Hall–Kier alpha value is 0.700. The zero-order valence-electron chi connectivity index (χ0n) is 3.60. The Balaban J connectivity index is 0. The third-order valence-electron chi connectivity index (χ3n) is 0. The summed E-state index contributed by atoms with van der Waals surface area (Å²) in [6.07, 6.45) is 1.69. The van der Waals surface area contributed by atoms with Gasteiger partial charge in [-0.2, -0.15) is 25.3 Å². The van der Waals surface area contributed by atoms with Crippen molar-refractivity contribution in [2.45, 2.75) is 6.92 Å². The summed E-state index contributed by atoms with van der Waals surface area (Å²) in [7, 11) is 0. The Kier molecular flexibility index (Phi) is 41.0. The van der Waals surface area contributed by atoms with E-state index in [-0.39, 0.29) is 0 Å². The standard InChI is InChI=1S/C2H6S.CH4S/c1-2-3;1-2/h3H,2H2,1H3;2H,1H3. The van der Waals surface area contributed by atoms with Crippen LogP contribution in [-0.4, -0.2) is 12.0 Å². The van der Waals surface area contributed by atoms with Crippen LogP contribution in [0.5, 0.6) is 0 Å². The van der Waals surface area contributed by atoms with E-state index < -0.39 is 0 Å². The Labute approximate surface area is 44.8 Å². The van der Waals surface area contributed by atoms with Crippen LogP contribution >= 0.6 is 25.3 Å².